The first kappa shape index (κ1) is 15.1. The van der Waals surface area contributed by atoms with Crippen LogP contribution in [0.1, 0.15) is 21.7 Å². The Hall–Kier alpha value is -2.31. The SMILES string of the molecule is COCCc1ccc(OCc2occc2C(=O)NN)cc1. The maximum Gasteiger partial charge on any atom is 0.268 e. The van der Waals surface area contributed by atoms with Gasteiger partial charge in [-0.2, -0.15) is 0 Å². The largest absolute Gasteiger partial charge is 0.486 e. The zero-order chi connectivity index (χ0) is 15.1. The van der Waals surface area contributed by atoms with E-state index in [1.165, 1.54) is 11.8 Å². The number of methoxy groups -OCH3 is 1. The van der Waals surface area contributed by atoms with Crippen LogP contribution in [-0.2, 0) is 17.8 Å². The quantitative estimate of drug-likeness (QED) is 0.460. The molecule has 0 atom stereocenters. The fourth-order valence-corrected chi connectivity index (χ4v) is 1.85. The van der Waals surface area contributed by atoms with Crippen LogP contribution in [0.3, 0.4) is 0 Å². The van der Waals surface area contributed by atoms with Crippen LogP contribution in [0, 0.1) is 0 Å². The van der Waals surface area contributed by atoms with E-state index in [0.717, 1.165) is 6.42 Å². The number of furan rings is 1. The molecule has 0 bridgehead atoms. The molecule has 0 saturated carbocycles. The summed E-state index contributed by atoms with van der Waals surface area (Å²) in [4.78, 5) is 11.5. The van der Waals surface area contributed by atoms with Gasteiger partial charge in [0, 0.05) is 7.11 Å². The maximum atomic E-state index is 11.5. The second kappa shape index (κ2) is 7.47. The molecule has 2 rings (SSSR count). The van der Waals surface area contributed by atoms with Crippen molar-refractivity contribution in [3.05, 3.63) is 53.5 Å². The fraction of sp³-hybridized carbons (Fsp3) is 0.267. The van der Waals surface area contributed by atoms with Crippen LogP contribution in [0.15, 0.2) is 41.0 Å². The highest BCUT2D eigenvalue weighted by Crippen LogP contribution is 2.17. The average Bonchev–Trinajstić information content (AvgIpc) is 2.99. The van der Waals surface area contributed by atoms with Crippen LogP contribution >= 0.6 is 0 Å². The third-order valence-corrected chi connectivity index (χ3v) is 3.01. The Morgan fingerprint density at radius 3 is 2.71 bits per heavy atom. The minimum absolute atomic E-state index is 0.160. The lowest BCUT2D eigenvalue weighted by Crippen LogP contribution is -2.30. The van der Waals surface area contributed by atoms with Gasteiger partial charge in [0.1, 0.15) is 12.4 Å². The van der Waals surface area contributed by atoms with E-state index in [2.05, 4.69) is 5.43 Å². The fourth-order valence-electron chi connectivity index (χ4n) is 1.85. The summed E-state index contributed by atoms with van der Waals surface area (Å²) in [6.07, 6.45) is 2.28. The highest BCUT2D eigenvalue weighted by molar-refractivity contribution is 5.94. The van der Waals surface area contributed by atoms with Crippen molar-refractivity contribution >= 4 is 5.91 Å². The predicted molar refractivity (Wildman–Crippen MR) is 76.7 cm³/mol. The summed E-state index contributed by atoms with van der Waals surface area (Å²) in [6, 6.07) is 9.25. The Morgan fingerprint density at radius 2 is 2.05 bits per heavy atom. The normalized spacial score (nSPS) is 10.4. The number of carbonyl (C=O) groups excluding carboxylic acids is 1. The number of amides is 1. The van der Waals surface area contributed by atoms with E-state index in [-0.39, 0.29) is 6.61 Å². The lowest BCUT2D eigenvalue weighted by molar-refractivity contribution is 0.0949. The summed E-state index contributed by atoms with van der Waals surface area (Å²) in [5, 5.41) is 0. The van der Waals surface area contributed by atoms with Gasteiger partial charge in [-0.15, -0.1) is 0 Å². The Labute approximate surface area is 122 Å². The molecule has 21 heavy (non-hydrogen) atoms. The number of benzene rings is 1. The third-order valence-electron chi connectivity index (χ3n) is 3.01. The molecule has 1 aromatic heterocycles. The van der Waals surface area contributed by atoms with Crippen molar-refractivity contribution in [1.82, 2.24) is 5.43 Å². The molecule has 6 heteroatoms. The molecule has 0 aliphatic rings. The number of nitrogens with two attached hydrogens (primary N) is 1. The van der Waals surface area contributed by atoms with Gasteiger partial charge in [0.15, 0.2) is 5.76 Å². The molecule has 1 heterocycles. The number of hydrogen-bond acceptors (Lipinski definition) is 5. The smallest absolute Gasteiger partial charge is 0.268 e. The van der Waals surface area contributed by atoms with Crippen LogP contribution in [0.2, 0.25) is 0 Å². The lowest BCUT2D eigenvalue weighted by Gasteiger charge is -2.07. The summed E-state index contributed by atoms with van der Waals surface area (Å²) in [5.74, 6) is 5.83. The van der Waals surface area contributed by atoms with Crippen molar-refractivity contribution < 1.29 is 18.7 Å². The first-order valence-corrected chi connectivity index (χ1v) is 6.52. The number of nitrogen functional groups attached to an aromatic ring is 1. The Balaban J connectivity index is 1.94. The number of hydrogen-bond donors (Lipinski definition) is 2. The van der Waals surface area contributed by atoms with Crippen LogP contribution in [0.5, 0.6) is 5.75 Å². The zero-order valence-corrected chi connectivity index (χ0v) is 11.8. The Bertz CT molecular complexity index is 578. The summed E-state index contributed by atoms with van der Waals surface area (Å²) in [5.41, 5.74) is 3.61. The molecule has 1 aromatic carbocycles. The lowest BCUT2D eigenvalue weighted by atomic mass is 10.1. The van der Waals surface area contributed by atoms with E-state index in [9.17, 15) is 4.79 Å². The Kier molecular flexibility index (Phi) is 5.36. The van der Waals surface area contributed by atoms with Crippen molar-refractivity contribution in [2.75, 3.05) is 13.7 Å². The molecule has 0 fully saturated rings. The standard InChI is InChI=1S/C15H18N2O4/c1-19-8-6-11-2-4-12(5-3-11)21-10-14-13(7-9-20-14)15(18)17-16/h2-5,7,9H,6,8,10,16H2,1H3,(H,17,18). The predicted octanol–water partition coefficient (Wildman–Crippen LogP) is 1.65. The number of nitrogens with one attached hydrogen (secondary N) is 1. The molecule has 0 saturated heterocycles. The van der Waals surface area contributed by atoms with Gasteiger partial charge in [-0.1, -0.05) is 12.1 Å². The van der Waals surface area contributed by atoms with Gasteiger partial charge in [0.25, 0.3) is 5.91 Å². The van der Waals surface area contributed by atoms with E-state index in [1.54, 1.807) is 13.2 Å². The van der Waals surface area contributed by atoms with Gasteiger partial charge in [0.05, 0.1) is 18.4 Å². The molecule has 2 aromatic rings. The number of rotatable bonds is 7. The van der Waals surface area contributed by atoms with Crippen molar-refractivity contribution in [1.29, 1.82) is 0 Å². The minimum Gasteiger partial charge on any atom is -0.486 e. The van der Waals surface area contributed by atoms with E-state index in [1.807, 2.05) is 24.3 Å². The number of carbonyl (C=O) groups is 1. The monoisotopic (exact) mass is 290 g/mol. The molecule has 112 valence electrons. The topological polar surface area (TPSA) is 86.7 Å². The summed E-state index contributed by atoms with van der Waals surface area (Å²) in [6.45, 7) is 0.845. The maximum absolute atomic E-state index is 11.5. The van der Waals surface area contributed by atoms with Gasteiger partial charge in [-0.3, -0.25) is 10.2 Å². The van der Waals surface area contributed by atoms with Crippen LogP contribution in [0.4, 0.5) is 0 Å². The molecule has 1 amide bonds. The van der Waals surface area contributed by atoms with Crippen molar-refractivity contribution in [2.45, 2.75) is 13.0 Å². The molecule has 6 nitrogen and oxygen atoms in total. The van der Waals surface area contributed by atoms with Crippen molar-refractivity contribution in [3.63, 3.8) is 0 Å². The van der Waals surface area contributed by atoms with E-state index < -0.39 is 5.91 Å². The van der Waals surface area contributed by atoms with E-state index in [0.29, 0.717) is 23.7 Å². The zero-order valence-electron chi connectivity index (χ0n) is 11.8. The van der Waals surface area contributed by atoms with Crippen LogP contribution < -0.4 is 16.0 Å². The van der Waals surface area contributed by atoms with Gasteiger partial charge in [-0.25, -0.2) is 5.84 Å². The van der Waals surface area contributed by atoms with Crippen LogP contribution in [-0.4, -0.2) is 19.6 Å². The van der Waals surface area contributed by atoms with Gasteiger partial charge in [-0.05, 0) is 30.2 Å². The molecule has 0 spiro atoms. The third kappa shape index (κ3) is 4.08. The highest BCUT2D eigenvalue weighted by atomic mass is 16.5. The second-order valence-electron chi connectivity index (χ2n) is 4.41. The highest BCUT2D eigenvalue weighted by Gasteiger charge is 2.13. The molecule has 0 aliphatic heterocycles. The first-order chi connectivity index (χ1) is 10.2. The number of ether oxygens (including phenoxy) is 2. The number of hydrazine groups is 1. The minimum atomic E-state index is -0.405. The second-order valence-corrected chi connectivity index (χ2v) is 4.41. The van der Waals surface area contributed by atoms with E-state index >= 15 is 0 Å². The van der Waals surface area contributed by atoms with Crippen molar-refractivity contribution in [2.24, 2.45) is 5.84 Å². The van der Waals surface area contributed by atoms with Gasteiger partial charge >= 0.3 is 0 Å². The first-order valence-electron chi connectivity index (χ1n) is 6.52. The summed E-state index contributed by atoms with van der Waals surface area (Å²) in [7, 11) is 1.68. The van der Waals surface area contributed by atoms with Gasteiger partial charge in [0.2, 0.25) is 0 Å². The molecular weight excluding hydrogens is 272 g/mol. The van der Waals surface area contributed by atoms with Gasteiger partial charge < -0.3 is 13.9 Å². The molecule has 0 radical (unpaired) electrons. The average molecular weight is 290 g/mol. The summed E-state index contributed by atoms with van der Waals surface area (Å²) >= 11 is 0. The molecule has 0 aliphatic carbocycles. The van der Waals surface area contributed by atoms with Crippen LogP contribution in [0.25, 0.3) is 0 Å². The molecule has 0 unspecified atom stereocenters. The summed E-state index contributed by atoms with van der Waals surface area (Å²) < 4.78 is 15.9. The molecule has 3 N–H and O–H groups in total. The van der Waals surface area contributed by atoms with Crippen molar-refractivity contribution in [3.8, 4) is 5.75 Å². The van der Waals surface area contributed by atoms with E-state index in [4.69, 9.17) is 19.7 Å². The Morgan fingerprint density at radius 1 is 1.29 bits per heavy atom. The molecular formula is C15H18N2O4.